The Hall–Kier alpha value is -2.54. The van der Waals surface area contributed by atoms with E-state index in [1.54, 1.807) is 10.7 Å². The molecule has 0 atom stereocenters. The predicted octanol–water partition coefficient (Wildman–Crippen LogP) is 1.13. The molecule has 2 heterocycles. The van der Waals surface area contributed by atoms with Gasteiger partial charge in [-0.25, -0.2) is 9.37 Å². The van der Waals surface area contributed by atoms with E-state index in [2.05, 4.69) is 20.4 Å². The third kappa shape index (κ3) is 3.04. The van der Waals surface area contributed by atoms with Crippen molar-refractivity contribution < 1.29 is 4.39 Å². The topological polar surface area (TPSA) is 75.6 Å². The zero-order valence-electron chi connectivity index (χ0n) is 12.1. The van der Waals surface area contributed by atoms with Crippen LogP contribution in [0.3, 0.4) is 0 Å². The molecular weight excluding hydrogens is 285 g/mol. The molecule has 0 spiro atoms. The monoisotopic (exact) mass is 301 g/mol. The lowest BCUT2D eigenvalue weighted by molar-refractivity contribution is 0.627. The number of aryl methyl sites for hydroxylation is 1. The van der Waals surface area contributed by atoms with Crippen molar-refractivity contribution in [1.29, 1.82) is 0 Å². The molecule has 114 valence electrons. The molecular formula is C15H16FN5O. The van der Waals surface area contributed by atoms with Crippen LogP contribution < -0.4 is 10.7 Å². The van der Waals surface area contributed by atoms with Crippen LogP contribution in [0.2, 0.25) is 0 Å². The van der Waals surface area contributed by atoms with Gasteiger partial charge in [-0.15, -0.1) is 0 Å². The smallest absolute Gasteiger partial charge is 0.189 e. The molecule has 0 saturated carbocycles. The highest BCUT2D eigenvalue weighted by molar-refractivity contribution is 5.78. The first-order valence-corrected chi connectivity index (χ1v) is 6.98. The van der Waals surface area contributed by atoms with E-state index in [0.717, 1.165) is 24.5 Å². The van der Waals surface area contributed by atoms with Gasteiger partial charge in [0.25, 0.3) is 0 Å². The Labute approximate surface area is 126 Å². The van der Waals surface area contributed by atoms with Crippen LogP contribution in [0.1, 0.15) is 11.5 Å². The summed E-state index contributed by atoms with van der Waals surface area (Å²) in [5.41, 5.74) is 1.22. The maximum atomic E-state index is 13.2. The number of aromatic amines is 1. The van der Waals surface area contributed by atoms with Crippen LogP contribution in [-0.2, 0) is 20.0 Å². The molecule has 0 bridgehead atoms. The van der Waals surface area contributed by atoms with Crippen molar-refractivity contribution in [2.24, 2.45) is 7.05 Å². The standard InChI is InChI=1S/C15H16FN5O/c1-21-15(18-9-19-21)4-5-17-8-11-7-14(22)12-6-10(16)2-3-13(12)20-11/h2-3,6-7,9,17H,4-5,8H2,1H3,(H,20,22). The fourth-order valence-electron chi connectivity index (χ4n) is 2.34. The van der Waals surface area contributed by atoms with Gasteiger partial charge in [0.1, 0.15) is 18.0 Å². The summed E-state index contributed by atoms with van der Waals surface area (Å²) in [7, 11) is 1.85. The average Bonchev–Trinajstić information content (AvgIpc) is 2.90. The van der Waals surface area contributed by atoms with Crippen LogP contribution in [0.15, 0.2) is 35.4 Å². The summed E-state index contributed by atoms with van der Waals surface area (Å²) in [5.74, 6) is 0.488. The number of nitrogens with zero attached hydrogens (tertiary/aromatic N) is 3. The minimum atomic E-state index is -0.410. The quantitative estimate of drug-likeness (QED) is 0.693. The van der Waals surface area contributed by atoms with E-state index in [-0.39, 0.29) is 5.43 Å². The van der Waals surface area contributed by atoms with Gasteiger partial charge >= 0.3 is 0 Å². The van der Waals surface area contributed by atoms with Gasteiger partial charge in [-0.1, -0.05) is 0 Å². The van der Waals surface area contributed by atoms with Gasteiger partial charge < -0.3 is 10.3 Å². The van der Waals surface area contributed by atoms with Crippen molar-refractivity contribution >= 4 is 10.9 Å². The van der Waals surface area contributed by atoms with Crippen LogP contribution in [-0.4, -0.2) is 26.3 Å². The summed E-state index contributed by atoms with van der Waals surface area (Å²) in [5, 5.41) is 7.61. The molecule has 0 unspecified atom stereocenters. The lowest BCUT2D eigenvalue weighted by Gasteiger charge is -2.06. The molecule has 22 heavy (non-hydrogen) atoms. The van der Waals surface area contributed by atoms with Gasteiger partial charge in [-0.3, -0.25) is 9.48 Å². The summed E-state index contributed by atoms with van der Waals surface area (Å²) in [6.45, 7) is 1.25. The van der Waals surface area contributed by atoms with Crippen LogP contribution in [0.5, 0.6) is 0 Å². The zero-order chi connectivity index (χ0) is 15.5. The first-order valence-electron chi connectivity index (χ1n) is 6.98. The number of H-pyrrole nitrogens is 1. The average molecular weight is 301 g/mol. The highest BCUT2D eigenvalue weighted by Crippen LogP contribution is 2.10. The molecule has 0 fully saturated rings. The minimum absolute atomic E-state index is 0.182. The fraction of sp³-hybridized carbons (Fsp3) is 0.267. The summed E-state index contributed by atoms with van der Waals surface area (Å²) in [6.07, 6.45) is 2.27. The zero-order valence-corrected chi connectivity index (χ0v) is 12.1. The van der Waals surface area contributed by atoms with Gasteiger partial charge in [-0.05, 0) is 18.2 Å². The Morgan fingerprint density at radius 2 is 2.23 bits per heavy atom. The van der Waals surface area contributed by atoms with Crippen LogP contribution in [0.4, 0.5) is 4.39 Å². The molecule has 0 aliphatic rings. The molecule has 0 saturated heterocycles. The van der Waals surface area contributed by atoms with E-state index in [1.807, 2.05) is 7.05 Å². The Morgan fingerprint density at radius 3 is 3.00 bits per heavy atom. The number of benzene rings is 1. The number of nitrogens with one attached hydrogen (secondary N) is 2. The second-order valence-corrected chi connectivity index (χ2v) is 5.08. The largest absolute Gasteiger partial charge is 0.357 e. The Bertz CT molecular complexity index is 855. The Balaban J connectivity index is 1.66. The first-order chi connectivity index (χ1) is 10.6. The van der Waals surface area contributed by atoms with E-state index in [9.17, 15) is 9.18 Å². The molecule has 0 amide bonds. The van der Waals surface area contributed by atoms with Crippen molar-refractivity contribution in [3.63, 3.8) is 0 Å². The second kappa shape index (κ2) is 6.07. The number of pyridine rings is 1. The molecule has 7 heteroatoms. The van der Waals surface area contributed by atoms with E-state index >= 15 is 0 Å². The number of fused-ring (bicyclic) bond motifs is 1. The number of hydrogen-bond donors (Lipinski definition) is 2. The third-order valence-corrected chi connectivity index (χ3v) is 3.49. The van der Waals surface area contributed by atoms with Crippen molar-refractivity contribution in [3.05, 3.63) is 58.2 Å². The van der Waals surface area contributed by atoms with Crippen LogP contribution in [0, 0.1) is 5.82 Å². The maximum absolute atomic E-state index is 13.2. The number of halogens is 1. The summed E-state index contributed by atoms with van der Waals surface area (Å²) in [6, 6.07) is 5.66. The van der Waals surface area contributed by atoms with Gasteiger partial charge in [0.05, 0.1) is 0 Å². The Morgan fingerprint density at radius 1 is 1.36 bits per heavy atom. The van der Waals surface area contributed by atoms with Gasteiger partial charge in [0.15, 0.2) is 5.43 Å². The molecule has 3 aromatic rings. The van der Waals surface area contributed by atoms with E-state index in [1.165, 1.54) is 24.5 Å². The normalized spacial score (nSPS) is 11.2. The maximum Gasteiger partial charge on any atom is 0.189 e. The van der Waals surface area contributed by atoms with Crippen LogP contribution >= 0.6 is 0 Å². The lowest BCUT2D eigenvalue weighted by atomic mass is 10.2. The van der Waals surface area contributed by atoms with Crippen molar-refractivity contribution in [3.8, 4) is 0 Å². The van der Waals surface area contributed by atoms with E-state index in [0.29, 0.717) is 17.4 Å². The molecule has 0 aliphatic carbocycles. The number of hydrogen-bond acceptors (Lipinski definition) is 4. The van der Waals surface area contributed by atoms with Gasteiger partial charge in [0, 0.05) is 49.2 Å². The second-order valence-electron chi connectivity index (χ2n) is 5.08. The van der Waals surface area contributed by atoms with Gasteiger partial charge in [-0.2, -0.15) is 5.10 Å². The highest BCUT2D eigenvalue weighted by Gasteiger charge is 2.04. The van der Waals surface area contributed by atoms with E-state index in [4.69, 9.17) is 0 Å². The van der Waals surface area contributed by atoms with Gasteiger partial charge in [0.2, 0.25) is 0 Å². The summed E-state index contributed by atoms with van der Waals surface area (Å²) < 4.78 is 14.9. The molecule has 0 radical (unpaired) electrons. The minimum Gasteiger partial charge on any atom is -0.357 e. The van der Waals surface area contributed by atoms with Crippen molar-refractivity contribution in [2.45, 2.75) is 13.0 Å². The Kier molecular flexibility index (Phi) is 3.97. The first kappa shape index (κ1) is 14.4. The molecule has 6 nitrogen and oxygen atoms in total. The predicted molar refractivity (Wildman–Crippen MR) is 80.9 cm³/mol. The molecule has 3 rings (SSSR count). The van der Waals surface area contributed by atoms with Crippen molar-refractivity contribution in [2.75, 3.05) is 6.54 Å². The lowest BCUT2D eigenvalue weighted by Crippen LogP contribution is -2.20. The molecule has 2 aromatic heterocycles. The number of rotatable bonds is 5. The van der Waals surface area contributed by atoms with Crippen molar-refractivity contribution in [1.82, 2.24) is 25.1 Å². The van der Waals surface area contributed by atoms with E-state index < -0.39 is 5.82 Å². The molecule has 2 N–H and O–H groups in total. The van der Waals surface area contributed by atoms with Crippen LogP contribution in [0.25, 0.3) is 10.9 Å². The molecule has 0 aliphatic heterocycles. The SMILES string of the molecule is Cn1ncnc1CCNCc1cc(=O)c2cc(F)ccc2[nH]1. The number of aromatic nitrogens is 4. The molecule has 1 aromatic carbocycles. The third-order valence-electron chi connectivity index (χ3n) is 3.49. The summed E-state index contributed by atoms with van der Waals surface area (Å²) >= 11 is 0. The summed E-state index contributed by atoms with van der Waals surface area (Å²) in [4.78, 5) is 19.3. The fourth-order valence-corrected chi connectivity index (χ4v) is 2.34. The highest BCUT2D eigenvalue weighted by atomic mass is 19.1.